The van der Waals surface area contributed by atoms with Crippen LogP contribution < -0.4 is 5.32 Å². The number of aromatic nitrogens is 6. The molecule has 18 heteroatoms. The fourth-order valence-corrected chi connectivity index (χ4v) is 12.2. The van der Waals surface area contributed by atoms with Crippen LogP contribution >= 0.6 is 58.4 Å². The average molecular weight is 1880 g/mol. The molecule has 0 radical (unpaired) electrons. The molecule has 3 saturated heterocycles. The second-order valence-electron chi connectivity index (χ2n) is 18.1. The van der Waals surface area contributed by atoms with E-state index in [1.54, 1.807) is 41.9 Å². The number of benzene rings is 5. The van der Waals surface area contributed by atoms with Gasteiger partial charge in [-0.25, -0.2) is 4.98 Å². The molecular formula is C110H209N9O4S5. The van der Waals surface area contributed by atoms with Gasteiger partial charge in [-0.15, -0.1) is 23.1 Å². The molecule has 5 aliphatic rings. The zero-order valence-electron chi connectivity index (χ0n) is 91.5. The van der Waals surface area contributed by atoms with Crippen LogP contribution in [0.25, 0.3) is 59.4 Å². The molecule has 0 spiro atoms. The normalized spacial score (nSPS) is 10.7. The number of pyridine rings is 1. The molecule has 12 aromatic rings. The molecular weight excluding hydrogens is 1670 g/mol. The lowest BCUT2D eigenvalue weighted by molar-refractivity contribution is -0.0334. The highest BCUT2D eigenvalue weighted by Gasteiger charge is 1.98. The third-order valence-electron chi connectivity index (χ3n) is 12.0. The van der Waals surface area contributed by atoms with E-state index in [1.165, 1.54) is 86.3 Å². The highest BCUT2D eigenvalue weighted by molar-refractivity contribution is 8.12. The molecule has 0 unspecified atom stereocenters. The van der Waals surface area contributed by atoms with Crippen molar-refractivity contribution in [3.63, 3.8) is 0 Å². The Morgan fingerprint density at radius 1 is 0.344 bits per heavy atom. The number of hydrogen-bond acceptors (Lipinski definition) is 14. The highest BCUT2D eigenvalue weighted by Crippen LogP contribution is 2.19. The number of thioether (sulfide) groups is 4. The summed E-state index contributed by atoms with van der Waals surface area (Å²) in [7, 11) is 0. The SMILES string of the molecule is C1=NCCCS1.C1=NCCOC1.C1COCCO1.C1CSCCN1.C1CSCCS1.CC.CC.CC.CC.CC.CC.CC.CC.CC.CC.CC.CC.CC.CC.CC.CC.CC.CC.CC.CC.CC.CC.c1ccc2[nH]ccc2c1.c1ccc2[nH]cnc2c1.c1ccc2[nH]ncc2c1.c1ccc2occc2c1.c1ccc2sccc2c1.c1ccn2cccc2c1. The van der Waals surface area contributed by atoms with Gasteiger partial charge in [0.1, 0.15) is 5.58 Å². The molecule has 748 valence electrons. The number of fused-ring (bicyclic) bond motifs is 6. The summed E-state index contributed by atoms with van der Waals surface area (Å²) >= 11 is 9.77. The molecule has 12 heterocycles. The molecule has 5 aliphatic heterocycles. The van der Waals surface area contributed by atoms with Crippen molar-refractivity contribution >= 4 is 130 Å². The smallest absolute Gasteiger partial charge is 0.133 e. The third kappa shape index (κ3) is 106. The Kier molecular flexibility index (Phi) is 207. The lowest BCUT2D eigenvalue weighted by Crippen LogP contribution is -2.24. The Balaban J connectivity index is -0.0000000740. The van der Waals surface area contributed by atoms with Gasteiger partial charge in [0.2, 0.25) is 0 Å². The second-order valence-corrected chi connectivity index (χ2v) is 23.7. The summed E-state index contributed by atoms with van der Waals surface area (Å²) in [6, 6.07) is 56.9. The number of nitrogens with zero attached hydrogens (tertiary/aromatic N) is 5. The van der Waals surface area contributed by atoms with Crippen molar-refractivity contribution in [3.05, 3.63) is 213 Å². The van der Waals surface area contributed by atoms with Gasteiger partial charge < -0.3 is 38.3 Å². The fourth-order valence-electron chi connectivity index (χ4n) is 7.74. The van der Waals surface area contributed by atoms with Crippen LogP contribution in [0.5, 0.6) is 0 Å². The van der Waals surface area contributed by atoms with Crippen molar-refractivity contribution in [2.45, 2.75) is 311 Å². The van der Waals surface area contributed by atoms with Gasteiger partial charge in [0.05, 0.1) is 87.1 Å². The van der Waals surface area contributed by atoms with Gasteiger partial charge in [0, 0.05) is 111 Å². The monoisotopic (exact) mass is 1880 g/mol. The maximum absolute atomic E-state index is 5.12. The van der Waals surface area contributed by atoms with E-state index in [9.17, 15) is 0 Å². The van der Waals surface area contributed by atoms with Crippen LogP contribution in [-0.2, 0) is 14.2 Å². The molecule has 3 fully saturated rings. The molecule has 13 nitrogen and oxygen atoms in total. The van der Waals surface area contributed by atoms with Gasteiger partial charge in [-0.2, -0.15) is 40.4 Å². The minimum atomic E-state index is 0.708. The number of ether oxygens (including phenoxy) is 3. The van der Waals surface area contributed by atoms with Gasteiger partial charge in [-0.3, -0.25) is 15.1 Å². The van der Waals surface area contributed by atoms with Crippen LogP contribution in [0.1, 0.15) is 311 Å². The molecule has 0 bridgehead atoms. The number of aliphatic imine (C=N–C) groups is 2. The standard InChI is InChI=1S/2C8H7N.C8H6O.C8H6S.2C7H6N2.C4H7NO.C4H9NS.C4H7NS.C4H8O2.C4H8S2.22C2H6/c1-2-6-9-7-3-5-8(9)4-1;3*1-2-4-8-7(3-1)5-6-9-8;1-2-4-7-6(3-1)8-5-9-7;1-2-4-7-6(3-1)5-8-9-7;2*1-3-6-4-2-5-1;1-2-5-4-6-3-1;2*1-2-6-4-3-5-1;22*1-2/h1-7H;1-6,9H;2*1-6H;2*1-5H,(H,8,9);1H,2-4H2;5H,1-4H2;4H,1-3H2;2*1-4H2;22*1-2H3. The predicted molar refractivity (Wildman–Crippen MR) is 617 cm³/mol. The van der Waals surface area contributed by atoms with Crippen LogP contribution in [0.4, 0.5) is 0 Å². The summed E-state index contributed by atoms with van der Waals surface area (Å²) in [4.78, 5) is 18.1. The first-order valence-corrected chi connectivity index (χ1v) is 55.6. The minimum absolute atomic E-state index is 0.708. The van der Waals surface area contributed by atoms with E-state index in [-0.39, 0.29) is 0 Å². The maximum Gasteiger partial charge on any atom is 0.133 e. The Morgan fingerprint density at radius 2 is 0.781 bits per heavy atom. The number of rotatable bonds is 0. The number of aromatic amines is 3. The second kappa shape index (κ2) is 167. The zero-order chi connectivity index (χ0) is 102. The number of furan rings is 1. The minimum Gasteiger partial charge on any atom is -0.464 e. The van der Waals surface area contributed by atoms with Gasteiger partial charge in [-0.05, 0) is 101 Å². The Bertz CT molecular complexity index is 2800. The lowest BCUT2D eigenvalue weighted by Gasteiger charge is -2.09. The Labute approximate surface area is 816 Å². The van der Waals surface area contributed by atoms with Crippen molar-refractivity contribution in [1.29, 1.82) is 0 Å². The van der Waals surface area contributed by atoms with Crippen molar-refractivity contribution in [1.82, 2.24) is 34.9 Å². The average Bonchev–Trinajstić information content (AvgIpc) is 1.79. The molecule has 5 aromatic carbocycles. The highest BCUT2D eigenvalue weighted by atomic mass is 32.2. The first-order chi connectivity index (χ1) is 63.8. The first kappa shape index (κ1) is 158. The van der Waals surface area contributed by atoms with Gasteiger partial charge in [-0.1, -0.05) is 396 Å². The molecule has 0 amide bonds. The van der Waals surface area contributed by atoms with Crippen LogP contribution in [0.3, 0.4) is 0 Å². The van der Waals surface area contributed by atoms with Gasteiger partial charge >= 0.3 is 0 Å². The molecule has 128 heavy (non-hydrogen) atoms. The summed E-state index contributed by atoms with van der Waals surface area (Å²) in [5.41, 5.74) is 8.56. The van der Waals surface area contributed by atoms with E-state index in [4.69, 9.17) is 18.6 Å². The van der Waals surface area contributed by atoms with E-state index in [1.807, 2.05) is 456 Å². The van der Waals surface area contributed by atoms with Crippen molar-refractivity contribution in [2.75, 3.05) is 106 Å². The van der Waals surface area contributed by atoms with Gasteiger partial charge in [0.15, 0.2) is 0 Å². The Hall–Kier alpha value is -6.58. The van der Waals surface area contributed by atoms with E-state index < -0.39 is 0 Å². The maximum atomic E-state index is 5.12. The topological polar surface area (TPSA) is 155 Å². The lowest BCUT2D eigenvalue weighted by atomic mass is 10.3. The number of thiophene rings is 1. The predicted octanol–water partition coefficient (Wildman–Crippen LogP) is 38.2. The van der Waals surface area contributed by atoms with E-state index in [0.717, 1.165) is 79.0 Å². The quantitative estimate of drug-likeness (QED) is 0.115. The van der Waals surface area contributed by atoms with Crippen LogP contribution in [-0.4, -0.2) is 147 Å². The molecule has 0 atom stereocenters. The number of para-hydroxylation sites is 5. The Morgan fingerprint density at radius 3 is 1.16 bits per heavy atom. The summed E-state index contributed by atoms with van der Waals surface area (Å²) < 4.78 is 23.4. The first-order valence-electron chi connectivity index (χ1n) is 50.2. The largest absolute Gasteiger partial charge is 0.464 e. The molecule has 17 rings (SSSR count). The molecule has 7 aromatic heterocycles. The van der Waals surface area contributed by atoms with Gasteiger partial charge in [0.25, 0.3) is 0 Å². The molecule has 0 aliphatic carbocycles. The molecule has 0 saturated carbocycles. The zero-order valence-corrected chi connectivity index (χ0v) is 95.6. The summed E-state index contributed by atoms with van der Waals surface area (Å²) in [6.45, 7) is 96.9. The van der Waals surface area contributed by atoms with Crippen molar-refractivity contribution in [2.24, 2.45) is 9.98 Å². The summed E-state index contributed by atoms with van der Waals surface area (Å²) in [5.74, 6) is 9.40. The van der Waals surface area contributed by atoms with E-state index in [2.05, 4.69) is 134 Å². The van der Waals surface area contributed by atoms with Crippen molar-refractivity contribution in [3.8, 4) is 0 Å². The van der Waals surface area contributed by atoms with Crippen molar-refractivity contribution < 1.29 is 18.6 Å². The number of hydrogen-bond donors (Lipinski definition) is 4. The fraction of sp³-hybridized carbons (Fsp3) is 0.564. The molecule has 4 N–H and O–H groups in total. The summed E-state index contributed by atoms with van der Waals surface area (Å²) in [5, 5.41) is 17.1. The van der Waals surface area contributed by atoms with Crippen LogP contribution in [0.2, 0.25) is 0 Å². The summed E-state index contributed by atoms with van der Waals surface area (Å²) in [6.07, 6.45) is 14.3. The van der Waals surface area contributed by atoms with Crippen LogP contribution in [0.15, 0.2) is 227 Å². The third-order valence-corrected chi connectivity index (χ3v) is 17.2. The number of H-pyrrole nitrogens is 3. The number of imidazole rings is 1. The van der Waals surface area contributed by atoms with Crippen LogP contribution in [0, 0.1) is 0 Å². The number of nitrogens with one attached hydrogen (secondary N) is 4. The van der Waals surface area contributed by atoms with E-state index in [0.29, 0.717) is 6.61 Å². The van der Waals surface area contributed by atoms with E-state index >= 15 is 0 Å².